The van der Waals surface area contributed by atoms with Gasteiger partial charge in [-0.25, -0.2) is 8.78 Å². The van der Waals surface area contributed by atoms with Gasteiger partial charge < -0.3 is 14.7 Å². The largest absolute Gasteiger partial charge is 0.487 e. The summed E-state index contributed by atoms with van der Waals surface area (Å²) in [4.78, 5) is 25.4. The Balaban J connectivity index is 1.45. The van der Waals surface area contributed by atoms with E-state index >= 15 is 0 Å². The molecule has 1 N–H and O–H groups in total. The molecule has 194 valence electrons. The Morgan fingerprint density at radius 3 is 2.43 bits per heavy atom. The Bertz CT molecular complexity index is 1310. The number of benzene rings is 3. The van der Waals surface area contributed by atoms with Gasteiger partial charge in [0.2, 0.25) is 5.91 Å². The summed E-state index contributed by atoms with van der Waals surface area (Å²) in [7, 11) is 0. The summed E-state index contributed by atoms with van der Waals surface area (Å²) in [6, 6.07) is 17.7. The molecule has 0 bridgehead atoms. The predicted molar refractivity (Wildman–Crippen MR) is 137 cm³/mol. The van der Waals surface area contributed by atoms with E-state index in [1.807, 2.05) is 12.1 Å². The van der Waals surface area contributed by atoms with E-state index in [0.29, 0.717) is 17.9 Å². The van der Waals surface area contributed by atoms with Crippen molar-refractivity contribution < 1.29 is 28.2 Å². The van der Waals surface area contributed by atoms with Gasteiger partial charge in [0.05, 0.1) is 6.42 Å². The van der Waals surface area contributed by atoms with Crippen LogP contribution in [0.25, 0.3) is 0 Å². The van der Waals surface area contributed by atoms with Gasteiger partial charge in [0.1, 0.15) is 17.9 Å². The van der Waals surface area contributed by atoms with Gasteiger partial charge in [0.25, 0.3) is 0 Å². The molecule has 0 aromatic heterocycles. The van der Waals surface area contributed by atoms with E-state index in [0.717, 1.165) is 28.7 Å². The standard InChI is InChI=1S/C30H31F2NO4/c1-19(2)22-10-7-20(8-11-22)15-30(3)16-24-13-21(9-12-26(24)37-30)14-27(34)33(18-28(35)36)17-23-5-4-6-25(31)29(23)32/h4-13,19H,14-18H2,1-3H3,(H,35,36)/t30-/m0/s1. The van der Waals surface area contributed by atoms with Crippen LogP contribution < -0.4 is 4.74 Å². The molecule has 0 spiro atoms. The number of hydrogen-bond acceptors (Lipinski definition) is 3. The number of aliphatic carboxylic acids is 1. The molecule has 3 aromatic rings. The fraction of sp³-hybridized carbons (Fsp3) is 0.333. The molecule has 0 unspecified atom stereocenters. The van der Waals surface area contributed by atoms with Crippen molar-refractivity contribution in [2.24, 2.45) is 0 Å². The number of rotatable bonds is 9. The third-order valence-electron chi connectivity index (χ3n) is 6.70. The molecule has 7 heteroatoms. The van der Waals surface area contributed by atoms with Crippen molar-refractivity contribution in [1.82, 2.24) is 4.90 Å². The molecule has 1 aliphatic heterocycles. The van der Waals surface area contributed by atoms with E-state index in [4.69, 9.17) is 4.74 Å². The normalized spacial score (nSPS) is 16.4. The van der Waals surface area contributed by atoms with Gasteiger partial charge in [-0.2, -0.15) is 0 Å². The summed E-state index contributed by atoms with van der Waals surface area (Å²) < 4.78 is 34.0. The minimum absolute atomic E-state index is 0.0646. The van der Waals surface area contributed by atoms with Gasteiger partial charge in [-0.05, 0) is 47.2 Å². The highest BCUT2D eigenvalue weighted by Crippen LogP contribution is 2.37. The third-order valence-corrected chi connectivity index (χ3v) is 6.70. The molecule has 1 aliphatic rings. The average molecular weight is 508 g/mol. The Morgan fingerprint density at radius 2 is 1.76 bits per heavy atom. The Kier molecular flexibility index (Phi) is 7.62. The van der Waals surface area contributed by atoms with Gasteiger partial charge in [0.15, 0.2) is 11.6 Å². The first-order valence-corrected chi connectivity index (χ1v) is 12.3. The second kappa shape index (κ2) is 10.7. The second-order valence-corrected chi connectivity index (χ2v) is 10.3. The zero-order chi connectivity index (χ0) is 26.7. The summed E-state index contributed by atoms with van der Waals surface area (Å²) in [6.45, 7) is 5.44. The third kappa shape index (κ3) is 6.34. The summed E-state index contributed by atoms with van der Waals surface area (Å²) >= 11 is 0. The van der Waals surface area contributed by atoms with E-state index in [1.165, 1.54) is 23.3 Å². The highest BCUT2D eigenvalue weighted by atomic mass is 19.2. The van der Waals surface area contributed by atoms with Crippen LogP contribution >= 0.6 is 0 Å². The number of carbonyl (C=O) groups excluding carboxylic acids is 1. The van der Waals surface area contributed by atoms with Gasteiger partial charge in [-0.15, -0.1) is 0 Å². The fourth-order valence-electron chi connectivity index (χ4n) is 4.79. The maximum absolute atomic E-state index is 14.1. The number of amides is 1. The molecule has 0 aliphatic carbocycles. The number of carbonyl (C=O) groups is 2. The first-order valence-electron chi connectivity index (χ1n) is 12.3. The van der Waals surface area contributed by atoms with Crippen LogP contribution in [0, 0.1) is 11.6 Å². The van der Waals surface area contributed by atoms with E-state index in [1.54, 1.807) is 6.07 Å². The number of fused-ring (bicyclic) bond motifs is 1. The van der Waals surface area contributed by atoms with E-state index in [2.05, 4.69) is 45.0 Å². The summed E-state index contributed by atoms with van der Waals surface area (Å²) in [5, 5.41) is 9.27. The molecule has 0 fully saturated rings. The quantitative estimate of drug-likeness (QED) is 0.405. The number of carboxylic acids is 1. The number of carboxylic acid groups (broad SMARTS) is 1. The molecule has 1 heterocycles. The van der Waals surface area contributed by atoms with Crippen molar-refractivity contribution in [1.29, 1.82) is 0 Å². The zero-order valence-electron chi connectivity index (χ0n) is 21.3. The fourth-order valence-corrected chi connectivity index (χ4v) is 4.79. The molecule has 5 nitrogen and oxygen atoms in total. The molecule has 0 radical (unpaired) electrons. The van der Waals surface area contributed by atoms with Gasteiger partial charge >= 0.3 is 5.97 Å². The SMILES string of the molecule is CC(C)c1ccc(C[C@@]2(C)Cc3cc(CC(=O)N(CC(=O)O)Cc4cccc(F)c4F)ccc3O2)cc1. The van der Waals surface area contributed by atoms with Crippen LogP contribution in [0.15, 0.2) is 60.7 Å². The van der Waals surface area contributed by atoms with Crippen molar-refractivity contribution >= 4 is 11.9 Å². The van der Waals surface area contributed by atoms with Crippen LogP contribution in [0.1, 0.15) is 54.5 Å². The van der Waals surface area contributed by atoms with Crippen molar-refractivity contribution in [2.45, 2.75) is 58.1 Å². The highest BCUT2D eigenvalue weighted by Gasteiger charge is 2.35. The lowest BCUT2D eigenvalue weighted by Crippen LogP contribution is -2.36. The first kappa shape index (κ1) is 26.3. The number of halogens is 2. The van der Waals surface area contributed by atoms with Crippen molar-refractivity contribution in [3.05, 3.63) is 100 Å². The van der Waals surface area contributed by atoms with Crippen LogP contribution in [0.5, 0.6) is 5.75 Å². The summed E-state index contributed by atoms with van der Waals surface area (Å²) in [5.41, 5.74) is 3.66. The molecule has 1 atom stereocenters. The molecular formula is C30H31F2NO4. The molecule has 0 saturated heterocycles. The highest BCUT2D eigenvalue weighted by molar-refractivity contribution is 5.83. The minimum atomic E-state index is -1.23. The lowest BCUT2D eigenvalue weighted by molar-refractivity contribution is -0.144. The monoisotopic (exact) mass is 507 g/mol. The van der Waals surface area contributed by atoms with Crippen molar-refractivity contribution in [2.75, 3.05) is 6.54 Å². The lowest BCUT2D eigenvalue weighted by atomic mass is 9.90. The maximum atomic E-state index is 14.1. The Hall–Kier alpha value is -3.74. The van der Waals surface area contributed by atoms with Gasteiger partial charge in [-0.1, -0.05) is 62.4 Å². The van der Waals surface area contributed by atoms with E-state index in [9.17, 15) is 23.5 Å². The second-order valence-electron chi connectivity index (χ2n) is 10.3. The number of nitrogens with zero attached hydrogens (tertiary/aromatic N) is 1. The average Bonchev–Trinajstić information content (AvgIpc) is 3.16. The molecule has 4 rings (SSSR count). The van der Waals surface area contributed by atoms with Crippen LogP contribution in [-0.4, -0.2) is 34.0 Å². The molecular weight excluding hydrogens is 476 g/mol. The molecule has 37 heavy (non-hydrogen) atoms. The van der Waals surface area contributed by atoms with Crippen molar-refractivity contribution in [3.63, 3.8) is 0 Å². The summed E-state index contributed by atoms with van der Waals surface area (Å²) in [6.07, 6.45) is 1.34. The maximum Gasteiger partial charge on any atom is 0.323 e. The number of hydrogen-bond donors (Lipinski definition) is 1. The van der Waals surface area contributed by atoms with E-state index in [-0.39, 0.29) is 18.5 Å². The van der Waals surface area contributed by atoms with Crippen LogP contribution in [0.4, 0.5) is 8.78 Å². The molecule has 3 aromatic carbocycles. The lowest BCUT2D eigenvalue weighted by Gasteiger charge is -2.24. The summed E-state index contributed by atoms with van der Waals surface area (Å²) in [5.74, 6) is -2.61. The van der Waals surface area contributed by atoms with Crippen LogP contribution in [0.3, 0.4) is 0 Å². The van der Waals surface area contributed by atoms with Gasteiger partial charge in [-0.3, -0.25) is 9.59 Å². The van der Waals surface area contributed by atoms with Crippen LogP contribution in [-0.2, 0) is 35.4 Å². The minimum Gasteiger partial charge on any atom is -0.487 e. The Labute approximate surface area is 215 Å². The topological polar surface area (TPSA) is 66.8 Å². The first-order chi connectivity index (χ1) is 17.5. The van der Waals surface area contributed by atoms with Crippen LogP contribution in [0.2, 0.25) is 0 Å². The smallest absolute Gasteiger partial charge is 0.323 e. The molecule has 1 amide bonds. The number of ether oxygens (including phenoxy) is 1. The van der Waals surface area contributed by atoms with Crippen molar-refractivity contribution in [3.8, 4) is 5.75 Å². The Morgan fingerprint density at radius 1 is 1.05 bits per heavy atom. The van der Waals surface area contributed by atoms with Gasteiger partial charge in [0, 0.05) is 24.9 Å². The zero-order valence-corrected chi connectivity index (χ0v) is 21.3. The van der Waals surface area contributed by atoms with E-state index < -0.39 is 35.7 Å². The molecule has 0 saturated carbocycles. The predicted octanol–water partition coefficient (Wildman–Crippen LogP) is 5.68.